The molecule has 1 aliphatic rings. The number of aliphatic imine (C=N–C) groups is 1. The molecule has 1 saturated heterocycles. The van der Waals surface area contributed by atoms with Crippen LogP contribution in [0.5, 0.6) is 5.75 Å². The van der Waals surface area contributed by atoms with Crippen LogP contribution in [0.25, 0.3) is 0 Å². The summed E-state index contributed by atoms with van der Waals surface area (Å²) in [6.45, 7) is 6.91. The Balaban J connectivity index is 0.00000341. The fourth-order valence-corrected chi connectivity index (χ4v) is 3.48. The topological polar surface area (TPSA) is 59.0 Å². The summed E-state index contributed by atoms with van der Waals surface area (Å²) in [4.78, 5) is 11.3. The predicted molar refractivity (Wildman–Crippen MR) is 136 cm³/mol. The molecule has 170 valence electrons. The van der Waals surface area contributed by atoms with E-state index in [4.69, 9.17) is 14.5 Å². The molecule has 2 aromatic rings. The van der Waals surface area contributed by atoms with Gasteiger partial charge in [0.05, 0.1) is 12.2 Å². The smallest absolute Gasteiger partial charge is 0.193 e. The number of aromatic nitrogens is 1. The van der Waals surface area contributed by atoms with Crippen molar-refractivity contribution in [3.8, 4) is 5.75 Å². The van der Waals surface area contributed by atoms with Crippen LogP contribution in [0.15, 0.2) is 53.7 Å². The van der Waals surface area contributed by atoms with Gasteiger partial charge in [0.2, 0.25) is 0 Å². The molecule has 0 amide bonds. The van der Waals surface area contributed by atoms with Gasteiger partial charge in [-0.05, 0) is 61.9 Å². The summed E-state index contributed by atoms with van der Waals surface area (Å²) < 4.78 is 11.3. The molecule has 0 bridgehead atoms. The van der Waals surface area contributed by atoms with Gasteiger partial charge in [0, 0.05) is 39.5 Å². The van der Waals surface area contributed by atoms with Crippen LogP contribution >= 0.6 is 24.0 Å². The quantitative estimate of drug-likeness (QED) is 0.290. The fourth-order valence-electron chi connectivity index (χ4n) is 3.48. The Bertz CT molecular complexity index is 765. The summed E-state index contributed by atoms with van der Waals surface area (Å²) in [5.41, 5.74) is 2.08. The first-order valence-corrected chi connectivity index (χ1v) is 10.9. The van der Waals surface area contributed by atoms with Crippen molar-refractivity contribution in [2.24, 2.45) is 10.9 Å². The summed E-state index contributed by atoms with van der Waals surface area (Å²) in [5.74, 6) is 2.57. The van der Waals surface area contributed by atoms with Crippen LogP contribution in [0, 0.1) is 5.92 Å². The second-order valence-corrected chi connectivity index (χ2v) is 7.69. The zero-order valence-corrected chi connectivity index (χ0v) is 21.0. The Kier molecular flexibility index (Phi) is 11.7. The first-order valence-electron chi connectivity index (χ1n) is 10.9. The molecule has 0 spiro atoms. The molecule has 1 aliphatic heterocycles. The summed E-state index contributed by atoms with van der Waals surface area (Å²) in [6, 6.07) is 14.0. The van der Waals surface area contributed by atoms with E-state index in [2.05, 4.69) is 41.3 Å². The van der Waals surface area contributed by atoms with Crippen LogP contribution in [0.3, 0.4) is 0 Å². The third-order valence-corrected chi connectivity index (χ3v) is 5.36. The minimum Gasteiger partial charge on any atom is -0.487 e. The van der Waals surface area contributed by atoms with Crippen molar-refractivity contribution in [1.82, 2.24) is 15.2 Å². The summed E-state index contributed by atoms with van der Waals surface area (Å²) >= 11 is 0. The number of hydrogen-bond donors (Lipinski definition) is 1. The minimum atomic E-state index is 0. The van der Waals surface area contributed by atoms with Crippen LogP contribution in [-0.4, -0.2) is 49.2 Å². The van der Waals surface area contributed by atoms with Gasteiger partial charge < -0.3 is 19.7 Å². The van der Waals surface area contributed by atoms with E-state index in [1.807, 2.05) is 30.3 Å². The molecule has 1 aromatic heterocycles. The molecule has 0 aliphatic carbocycles. The summed E-state index contributed by atoms with van der Waals surface area (Å²) in [7, 11) is 2.12. The average Bonchev–Trinajstić information content (AvgIpc) is 2.81. The van der Waals surface area contributed by atoms with Crippen molar-refractivity contribution in [1.29, 1.82) is 0 Å². The molecule has 3 rings (SSSR count). The molecule has 31 heavy (non-hydrogen) atoms. The van der Waals surface area contributed by atoms with Crippen molar-refractivity contribution in [3.63, 3.8) is 0 Å². The first kappa shape index (κ1) is 25.4. The van der Waals surface area contributed by atoms with Crippen LogP contribution in [0.1, 0.15) is 37.4 Å². The zero-order valence-electron chi connectivity index (χ0n) is 18.6. The number of nitrogens with zero attached hydrogens (tertiary/aromatic N) is 3. The zero-order chi connectivity index (χ0) is 21.0. The predicted octanol–water partition coefficient (Wildman–Crippen LogP) is 4.49. The van der Waals surface area contributed by atoms with E-state index in [1.54, 1.807) is 6.20 Å². The van der Waals surface area contributed by atoms with Gasteiger partial charge in [-0.3, -0.25) is 4.98 Å². The number of benzene rings is 1. The highest BCUT2D eigenvalue weighted by Gasteiger charge is 2.15. The van der Waals surface area contributed by atoms with Crippen molar-refractivity contribution < 1.29 is 9.47 Å². The highest BCUT2D eigenvalue weighted by Crippen LogP contribution is 2.18. The average molecular weight is 538 g/mol. The third kappa shape index (κ3) is 9.03. The number of hydrogen-bond acceptors (Lipinski definition) is 4. The lowest BCUT2D eigenvalue weighted by Gasteiger charge is -2.26. The Morgan fingerprint density at radius 1 is 1.19 bits per heavy atom. The van der Waals surface area contributed by atoms with Gasteiger partial charge in [0.1, 0.15) is 12.4 Å². The Morgan fingerprint density at radius 2 is 1.97 bits per heavy atom. The molecule has 2 heterocycles. The molecule has 0 atom stereocenters. The maximum atomic E-state index is 5.81. The normalized spacial score (nSPS) is 14.6. The lowest BCUT2D eigenvalue weighted by Crippen LogP contribution is -2.40. The highest BCUT2D eigenvalue weighted by molar-refractivity contribution is 14.0. The van der Waals surface area contributed by atoms with E-state index in [1.165, 1.54) is 19.3 Å². The third-order valence-electron chi connectivity index (χ3n) is 5.36. The lowest BCUT2D eigenvalue weighted by atomic mass is 9.96. The van der Waals surface area contributed by atoms with E-state index in [0.717, 1.165) is 55.2 Å². The number of ether oxygens (including phenoxy) is 2. The molecule has 0 saturated carbocycles. The van der Waals surface area contributed by atoms with E-state index in [9.17, 15) is 0 Å². The van der Waals surface area contributed by atoms with Gasteiger partial charge in [-0.1, -0.05) is 18.2 Å². The fraction of sp³-hybridized carbons (Fsp3) is 0.500. The summed E-state index contributed by atoms with van der Waals surface area (Å²) in [5, 5.41) is 3.41. The second-order valence-electron chi connectivity index (χ2n) is 7.69. The standard InChI is InChI=1S/C24H34N4O2.HI/c1-3-25-24(28(2)15-11-20-12-16-29-17-13-20)27-18-21-7-9-23(10-8-21)30-19-22-6-4-5-14-26-22;/h4-10,14,20H,3,11-13,15-19H2,1-2H3,(H,25,27);1H. The van der Waals surface area contributed by atoms with E-state index < -0.39 is 0 Å². The van der Waals surface area contributed by atoms with Crippen molar-refractivity contribution >= 4 is 29.9 Å². The van der Waals surface area contributed by atoms with Crippen molar-refractivity contribution in [3.05, 3.63) is 59.9 Å². The van der Waals surface area contributed by atoms with E-state index >= 15 is 0 Å². The molecule has 7 heteroatoms. The molecule has 1 fully saturated rings. The first-order chi connectivity index (χ1) is 14.7. The molecule has 1 aromatic carbocycles. The number of nitrogens with one attached hydrogen (secondary N) is 1. The van der Waals surface area contributed by atoms with Gasteiger partial charge in [0.15, 0.2) is 5.96 Å². The Hall–Kier alpha value is -1.87. The Morgan fingerprint density at radius 3 is 2.65 bits per heavy atom. The highest BCUT2D eigenvalue weighted by atomic mass is 127. The second kappa shape index (κ2) is 14.2. The van der Waals surface area contributed by atoms with Gasteiger partial charge >= 0.3 is 0 Å². The van der Waals surface area contributed by atoms with Crippen molar-refractivity contribution in [2.45, 2.75) is 39.3 Å². The molecule has 1 N–H and O–H groups in total. The summed E-state index contributed by atoms with van der Waals surface area (Å²) in [6.07, 6.45) is 5.32. The molecule has 0 radical (unpaired) electrons. The van der Waals surface area contributed by atoms with Crippen LogP contribution in [0.4, 0.5) is 0 Å². The maximum absolute atomic E-state index is 5.81. The van der Waals surface area contributed by atoms with Gasteiger partial charge in [0.25, 0.3) is 0 Å². The van der Waals surface area contributed by atoms with Crippen LogP contribution in [0.2, 0.25) is 0 Å². The molecule has 0 unspecified atom stereocenters. The van der Waals surface area contributed by atoms with Crippen LogP contribution < -0.4 is 10.1 Å². The van der Waals surface area contributed by atoms with Crippen molar-refractivity contribution in [2.75, 3.05) is 33.4 Å². The largest absolute Gasteiger partial charge is 0.487 e. The van der Waals surface area contributed by atoms with E-state index in [-0.39, 0.29) is 24.0 Å². The number of rotatable bonds is 9. The molecule has 6 nitrogen and oxygen atoms in total. The Labute approximate surface area is 203 Å². The molecular weight excluding hydrogens is 503 g/mol. The maximum Gasteiger partial charge on any atom is 0.193 e. The van der Waals surface area contributed by atoms with Crippen LogP contribution in [-0.2, 0) is 17.9 Å². The van der Waals surface area contributed by atoms with E-state index in [0.29, 0.717) is 13.2 Å². The minimum absolute atomic E-state index is 0. The number of guanidine groups is 1. The van der Waals surface area contributed by atoms with Gasteiger partial charge in [-0.2, -0.15) is 0 Å². The van der Waals surface area contributed by atoms with Gasteiger partial charge in [-0.25, -0.2) is 4.99 Å². The lowest BCUT2D eigenvalue weighted by molar-refractivity contribution is 0.0625. The van der Waals surface area contributed by atoms with Gasteiger partial charge in [-0.15, -0.1) is 24.0 Å². The monoisotopic (exact) mass is 538 g/mol. The number of halogens is 1. The number of pyridine rings is 1. The SMILES string of the molecule is CCNC(=NCc1ccc(OCc2ccccn2)cc1)N(C)CCC1CCOCC1.I. The molecular formula is C24H35IN4O2.